The van der Waals surface area contributed by atoms with Gasteiger partial charge in [-0.1, -0.05) is 18.5 Å². The highest BCUT2D eigenvalue weighted by Crippen LogP contribution is 2.51. The molecule has 4 rings (SSSR count). The van der Waals surface area contributed by atoms with Gasteiger partial charge in [0.25, 0.3) is 5.88 Å². The van der Waals surface area contributed by atoms with Crippen LogP contribution in [-0.4, -0.2) is 51.2 Å². The van der Waals surface area contributed by atoms with Crippen molar-refractivity contribution in [3.8, 4) is 5.88 Å². The highest BCUT2D eigenvalue weighted by atomic mass is 35.5. The summed E-state index contributed by atoms with van der Waals surface area (Å²) in [4.78, 5) is 25.5. The summed E-state index contributed by atoms with van der Waals surface area (Å²) in [5.74, 6) is -3.38. The number of nitrogens with zero attached hydrogens (tertiary/aromatic N) is 3. The van der Waals surface area contributed by atoms with Crippen molar-refractivity contribution in [2.24, 2.45) is 5.92 Å². The smallest absolute Gasteiger partial charge is 0.422 e. The summed E-state index contributed by atoms with van der Waals surface area (Å²) in [6, 6.07) is 0. The van der Waals surface area contributed by atoms with Crippen LogP contribution in [0.15, 0.2) is 5.03 Å². The SMILES string of the molecule is CCCOc1nsnc1C1=C(Cl)C2CCCN(C2)C12OC(=O)C(=O)O2. The molecular formula is C15H16ClN3O5S. The summed E-state index contributed by atoms with van der Waals surface area (Å²) in [6.45, 7) is 3.60. The van der Waals surface area contributed by atoms with Gasteiger partial charge in [0.1, 0.15) is 5.57 Å². The summed E-state index contributed by atoms with van der Waals surface area (Å²) in [5, 5.41) is 0.479. The summed E-state index contributed by atoms with van der Waals surface area (Å²) < 4.78 is 24.9. The molecule has 1 aromatic rings. The highest BCUT2D eigenvalue weighted by Gasteiger charge is 2.61. The van der Waals surface area contributed by atoms with E-state index in [9.17, 15) is 9.59 Å². The zero-order valence-corrected chi connectivity index (χ0v) is 15.1. The molecule has 3 aliphatic rings. The van der Waals surface area contributed by atoms with E-state index in [1.807, 2.05) is 11.8 Å². The number of hydrogen-bond donors (Lipinski definition) is 0. The molecule has 2 bridgehead atoms. The summed E-state index contributed by atoms with van der Waals surface area (Å²) in [7, 11) is 0. The van der Waals surface area contributed by atoms with Gasteiger partial charge in [0.2, 0.25) is 0 Å². The molecule has 4 heterocycles. The van der Waals surface area contributed by atoms with Crippen LogP contribution in [0.2, 0.25) is 0 Å². The van der Waals surface area contributed by atoms with Crippen LogP contribution in [0.5, 0.6) is 5.88 Å². The third-order valence-corrected chi connectivity index (χ3v) is 5.53. The van der Waals surface area contributed by atoms with E-state index in [0.717, 1.165) is 31.0 Å². The van der Waals surface area contributed by atoms with E-state index < -0.39 is 17.8 Å². The molecule has 10 heteroatoms. The lowest BCUT2D eigenvalue weighted by Gasteiger charge is -2.46. The Kier molecular flexibility index (Phi) is 4.17. The van der Waals surface area contributed by atoms with Crippen molar-refractivity contribution in [2.75, 3.05) is 19.7 Å². The van der Waals surface area contributed by atoms with Crippen LogP contribution in [0.4, 0.5) is 0 Å². The zero-order valence-electron chi connectivity index (χ0n) is 13.5. The van der Waals surface area contributed by atoms with E-state index in [1.54, 1.807) is 0 Å². The molecule has 1 spiro atoms. The first kappa shape index (κ1) is 16.7. The number of halogens is 1. The maximum absolute atomic E-state index is 11.8. The Morgan fingerprint density at radius 3 is 2.84 bits per heavy atom. The Hall–Kier alpha value is -1.71. The monoisotopic (exact) mass is 385 g/mol. The average molecular weight is 386 g/mol. The molecule has 0 N–H and O–H groups in total. The van der Waals surface area contributed by atoms with Crippen molar-refractivity contribution >= 4 is 40.8 Å². The van der Waals surface area contributed by atoms with Gasteiger partial charge in [0, 0.05) is 24.0 Å². The van der Waals surface area contributed by atoms with Crippen molar-refractivity contribution in [1.82, 2.24) is 13.6 Å². The fraction of sp³-hybridized carbons (Fsp3) is 0.600. The van der Waals surface area contributed by atoms with Gasteiger partial charge < -0.3 is 14.2 Å². The Bertz CT molecular complexity index is 748. The number of carbonyl (C=O) groups excluding carboxylic acids is 2. The fourth-order valence-electron chi connectivity index (χ4n) is 3.44. The Morgan fingerprint density at radius 2 is 2.12 bits per heavy atom. The number of rotatable bonds is 4. The van der Waals surface area contributed by atoms with Crippen LogP contribution in [0.25, 0.3) is 5.57 Å². The molecular weight excluding hydrogens is 370 g/mol. The molecule has 25 heavy (non-hydrogen) atoms. The molecule has 3 aliphatic heterocycles. The maximum atomic E-state index is 11.8. The standard InChI is InChI=1S/C15H16ClN3O5S/c1-2-6-22-12-11(17-25-18-12)9-10(16)8-4-3-5-19(7-8)15(9)23-13(20)14(21)24-15/h8H,2-7H2,1H3. The second kappa shape index (κ2) is 6.22. The lowest BCUT2D eigenvalue weighted by Crippen LogP contribution is -2.58. The van der Waals surface area contributed by atoms with Crippen molar-refractivity contribution in [3.05, 3.63) is 10.7 Å². The van der Waals surface area contributed by atoms with E-state index in [4.69, 9.17) is 25.8 Å². The minimum absolute atomic E-state index is 0.0646. The Balaban J connectivity index is 1.86. The molecule has 134 valence electrons. The average Bonchev–Trinajstić information content (AvgIpc) is 3.18. The number of carbonyl (C=O) groups is 2. The van der Waals surface area contributed by atoms with E-state index in [2.05, 4.69) is 8.75 Å². The van der Waals surface area contributed by atoms with Crippen LogP contribution in [0.1, 0.15) is 31.9 Å². The molecule has 0 radical (unpaired) electrons. The molecule has 2 atom stereocenters. The van der Waals surface area contributed by atoms with Gasteiger partial charge in [-0.05, 0) is 19.3 Å². The molecule has 2 saturated heterocycles. The molecule has 1 aromatic heterocycles. The van der Waals surface area contributed by atoms with Gasteiger partial charge in [-0.25, -0.2) is 14.5 Å². The first-order valence-electron chi connectivity index (χ1n) is 8.14. The van der Waals surface area contributed by atoms with E-state index in [0.29, 0.717) is 41.9 Å². The molecule has 8 nitrogen and oxygen atoms in total. The highest BCUT2D eigenvalue weighted by molar-refractivity contribution is 6.99. The summed E-state index contributed by atoms with van der Waals surface area (Å²) >= 11 is 7.63. The van der Waals surface area contributed by atoms with E-state index in [-0.39, 0.29) is 5.92 Å². The molecule has 2 fully saturated rings. The maximum Gasteiger partial charge on any atom is 0.422 e. The number of ether oxygens (including phenoxy) is 3. The second-order valence-corrected chi connectivity index (χ2v) is 7.07. The molecule has 0 aliphatic carbocycles. The quantitative estimate of drug-likeness (QED) is 0.572. The molecule has 0 aromatic carbocycles. The number of aromatic nitrogens is 2. The van der Waals surface area contributed by atoms with Gasteiger partial charge in [0.05, 0.1) is 18.3 Å². The second-order valence-electron chi connectivity index (χ2n) is 6.14. The van der Waals surface area contributed by atoms with Crippen LogP contribution in [0, 0.1) is 5.92 Å². The predicted molar refractivity (Wildman–Crippen MR) is 87.7 cm³/mol. The van der Waals surface area contributed by atoms with Gasteiger partial charge in [-0.15, -0.1) is 4.37 Å². The van der Waals surface area contributed by atoms with Crippen molar-refractivity contribution < 1.29 is 23.8 Å². The van der Waals surface area contributed by atoms with Gasteiger partial charge in [-0.3, -0.25) is 0 Å². The number of fused-ring (bicyclic) bond motifs is 3. The summed E-state index contributed by atoms with van der Waals surface area (Å²) in [5.41, 5.74) is 0.715. The van der Waals surface area contributed by atoms with Crippen molar-refractivity contribution in [3.63, 3.8) is 0 Å². The first-order valence-corrected chi connectivity index (χ1v) is 9.25. The van der Waals surface area contributed by atoms with Crippen LogP contribution in [0.3, 0.4) is 0 Å². The van der Waals surface area contributed by atoms with Crippen LogP contribution in [-0.2, 0) is 19.1 Å². The number of esters is 2. The predicted octanol–water partition coefficient (Wildman–Crippen LogP) is 1.76. The normalized spacial score (nSPS) is 27.4. The van der Waals surface area contributed by atoms with E-state index >= 15 is 0 Å². The van der Waals surface area contributed by atoms with E-state index in [1.165, 1.54) is 0 Å². The minimum Gasteiger partial charge on any atom is -0.475 e. The first-order chi connectivity index (χ1) is 12.1. The topological polar surface area (TPSA) is 90.9 Å². The lowest BCUT2D eigenvalue weighted by atomic mass is 9.87. The van der Waals surface area contributed by atoms with Crippen LogP contribution >= 0.6 is 23.3 Å². The van der Waals surface area contributed by atoms with Crippen molar-refractivity contribution in [2.45, 2.75) is 32.1 Å². The lowest BCUT2D eigenvalue weighted by molar-refractivity contribution is -0.224. The van der Waals surface area contributed by atoms with Gasteiger partial charge >= 0.3 is 17.8 Å². The summed E-state index contributed by atoms with van der Waals surface area (Å²) in [6.07, 6.45) is 2.56. The third kappa shape index (κ3) is 2.52. The zero-order chi connectivity index (χ0) is 17.6. The van der Waals surface area contributed by atoms with Crippen molar-refractivity contribution in [1.29, 1.82) is 0 Å². The minimum atomic E-state index is -1.68. The third-order valence-electron chi connectivity index (χ3n) is 4.52. The number of hydrogen-bond acceptors (Lipinski definition) is 9. The van der Waals surface area contributed by atoms with Gasteiger partial charge in [-0.2, -0.15) is 4.37 Å². The Morgan fingerprint density at radius 1 is 1.36 bits per heavy atom. The molecule has 0 amide bonds. The fourth-order valence-corrected chi connectivity index (χ4v) is 4.33. The molecule has 0 saturated carbocycles. The van der Waals surface area contributed by atoms with Gasteiger partial charge in [0.15, 0.2) is 5.69 Å². The Labute approximate surface area is 153 Å². The number of piperidine rings is 1. The largest absolute Gasteiger partial charge is 0.475 e. The van der Waals surface area contributed by atoms with Crippen LogP contribution < -0.4 is 4.74 Å². The molecule has 2 unspecified atom stereocenters.